The lowest BCUT2D eigenvalue weighted by Gasteiger charge is -2.24. The predicted octanol–water partition coefficient (Wildman–Crippen LogP) is 3.56. The topological polar surface area (TPSA) is 9.23 Å². The second kappa shape index (κ2) is 4.50. The van der Waals surface area contributed by atoms with Crippen molar-refractivity contribution in [3.63, 3.8) is 0 Å². The molecule has 1 nitrogen and oxygen atoms in total. The maximum atomic E-state index is 5.69. The molecule has 1 aromatic rings. The number of ether oxygens (including phenoxy) is 1. The van der Waals surface area contributed by atoms with E-state index >= 15 is 0 Å². The van der Waals surface area contributed by atoms with Crippen LogP contribution in [0.1, 0.15) is 31.2 Å². The smallest absolute Gasteiger partial charge is 0.119 e. The fraction of sp³-hybridized carbons (Fsp3) is 0.538. The number of aryl methyl sites for hydroxylation is 1. The molecule has 0 amide bonds. The fourth-order valence-corrected chi connectivity index (χ4v) is 1.83. The molecule has 1 aromatic carbocycles. The molecule has 0 aromatic heterocycles. The first kappa shape index (κ1) is 9.57. The summed E-state index contributed by atoms with van der Waals surface area (Å²) >= 11 is 0. The Morgan fingerprint density at radius 3 is 2.86 bits per heavy atom. The molecule has 0 spiro atoms. The lowest BCUT2D eigenvalue weighted by molar-refractivity contribution is 0.222. The van der Waals surface area contributed by atoms with E-state index in [0.29, 0.717) is 0 Å². The summed E-state index contributed by atoms with van der Waals surface area (Å²) in [7, 11) is 0. The van der Waals surface area contributed by atoms with Crippen LogP contribution in [0.3, 0.4) is 0 Å². The Kier molecular flexibility index (Phi) is 3.07. The van der Waals surface area contributed by atoms with Gasteiger partial charge < -0.3 is 4.74 Å². The summed E-state index contributed by atoms with van der Waals surface area (Å²) in [5.74, 6) is 1.96. The van der Waals surface area contributed by atoms with Crippen LogP contribution in [0.4, 0.5) is 0 Å². The molecule has 2 rings (SSSR count). The molecule has 0 atom stereocenters. The van der Waals surface area contributed by atoms with Crippen LogP contribution in [0.5, 0.6) is 5.75 Å². The molecular weight excluding hydrogens is 172 g/mol. The normalized spacial score (nSPS) is 16.4. The Morgan fingerprint density at radius 1 is 1.36 bits per heavy atom. The van der Waals surface area contributed by atoms with E-state index in [0.717, 1.165) is 18.3 Å². The third-order valence-electron chi connectivity index (χ3n) is 3.01. The van der Waals surface area contributed by atoms with Crippen LogP contribution in [0.15, 0.2) is 24.3 Å². The van der Waals surface area contributed by atoms with Crippen molar-refractivity contribution in [1.29, 1.82) is 0 Å². The first-order valence-electron chi connectivity index (χ1n) is 5.54. The van der Waals surface area contributed by atoms with Crippen molar-refractivity contribution in [2.24, 2.45) is 5.92 Å². The molecular formula is C13H18O. The number of hydrogen-bond donors (Lipinski definition) is 0. The van der Waals surface area contributed by atoms with Gasteiger partial charge in [-0.1, -0.05) is 31.4 Å². The van der Waals surface area contributed by atoms with E-state index in [1.54, 1.807) is 0 Å². The number of hydrogen-bond acceptors (Lipinski definition) is 1. The second-order valence-electron chi connectivity index (χ2n) is 4.25. The van der Waals surface area contributed by atoms with Crippen LogP contribution in [0, 0.1) is 12.8 Å². The highest BCUT2D eigenvalue weighted by molar-refractivity contribution is 5.27. The molecule has 0 unspecified atom stereocenters. The van der Waals surface area contributed by atoms with Crippen LogP contribution in [0.2, 0.25) is 0 Å². The van der Waals surface area contributed by atoms with Crippen LogP contribution in [-0.4, -0.2) is 6.61 Å². The van der Waals surface area contributed by atoms with Gasteiger partial charge in [0, 0.05) is 0 Å². The summed E-state index contributed by atoms with van der Waals surface area (Å²) in [5.41, 5.74) is 1.27. The van der Waals surface area contributed by atoms with Crippen LogP contribution >= 0.6 is 0 Å². The van der Waals surface area contributed by atoms with E-state index in [1.165, 1.54) is 31.2 Å². The zero-order valence-electron chi connectivity index (χ0n) is 8.83. The van der Waals surface area contributed by atoms with Gasteiger partial charge in [-0.2, -0.15) is 0 Å². The molecule has 14 heavy (non-hydrogen) atoms. The quantitative estimate of drug-likeness (QED) is 0.705. The summed E-state index contributed by atoms with van der Waals surface area (Å²) in [6.45, 7) is 2.98. The van der Waals surface area contributed by atoms with E-state index < -0.39 is 0 Å². The van der Waals surface area contributed by atoms with Crippen molar-refractivity contribution in [3.8, 4) is 5.75 Å². The van der Waals surface area contributed by atoms with Gasteiger partial charge in [0.25, 0.3) is 0 Å². The van der Waals surface area contributed by atoms with Crippen molar-refractivity contribution in [3.05, 3.63) is 29.8 Å². The van der Waals surface area contributed by atoms with Crippen molar-refractivity contribution >= 4 is 0 Å². The monoisotopic (exact) mass is 190 g/mol. The second-order valence-corrected chi connectivity index (χ2v) is 4.25. The van der Waals surface area contributed by atoms with Gasteiger partial charge in [0.05, 0.1) is 6.61 Å². The molecule has 0 saturated heterocycles. The SMILES string of the molecule is Cc1cccc(OCCC2CCC2)c1. The van der Waals surface area contributed by atoms with E-state index in [4.69, 9.17) is 4.74 Å². The van der Waals surface area contributed by atoms with Crippen molar-refractivity contribution < 1.29 is 4.74 Å². The highest BCUT2D eigenvalue weighted by atomic mass is 16.5. The largest absolute Gasteiger partial charge is 0.494 e. The first-order valence-corrected chi connectivity index (χ1v) is 5.54. The minimum Gasteiger partial charge on any atom is -0.494 e. The Balaban J connectivity index is 1.74. The highest BCUT2D eigenvalue weighted by Crippen LogP contribution is 2.29. The van der Waals surface area contributed by atoms with Gasteiger partial charge in [0.1, 0.15) is 5.75 Å². The first-order chi connectivity index (χ1) is 6.84. The van der Waals surface area contributed by atoms with Gasteiger partial charge in [-0.25, -0.2) is 0 Å². The lowest BCUT2D eigenvalue weighted by Crippen LogP contribution is -2.14. The summed E-state index contributed by atoms with van der Waals surface area (Å²) < 4.78 is 5.69. The lowest BCUT2D eigenvalue weighted by atomic mass is 9.83. The minimum absolute atomic E-state index is 0.883. The van der Waals surface area contributed by atoms with E-state index in [1.807, 2.05) is 12.1 Å². The summed E-state index contributed by atoms with van der Waals surface area (Å²) in [5, 5.41) is 0. The third kappa shape index (κ3) is 2.50. The summed E-state index contributed by atoms with van der Waals surface area (Å²) in [4.78, 5) is 0. The van der Waals surface area contributed by atoms with Crippen LogP contribution in [-0.2, 0) is 0 Å². The van der Waals surface area contributed by atoms with Crippen molar-refractivity contribution in [2.75, 3.05) is 6.61 Å². The Bertz CT molecular complexity index is 289. The fourth-order valence-electron chi connectivity index (χ4n) is 1.83. The molecule has 1 heteroatoms. The molecule has 0 aliphatic heterocycles. The summed E-state index contributed by atoms with van der Waals surface area (Å²) in [6.07, 6.45) is 5.48. The van der Waals surface area contributed by atoms with Crippen molar-refractivity contribution in [1.82, 2.24) is 0 Å². The highest BCUT2D eigenvalue weighted by Gasteiger charge is 2.16. The molecule has 1 fully saturated rings. The molecule has 0 heterocycles. The third-order valence-corrected chi connectivity index (χ3v) is 3.01. The summed E-state index contributed by atoms with van der Waals surface area (Å²) in [6, 6.07) is 8.28. The molecule has 1 aliphatic rings. The van der Waals surface area contributed by atoms with Gasteiger partial charge in [0.2, 0.25) is 0 Å². The molecule has 76 valence electrons. The van der Waals surface area contributed by atoms with Gasteiger partial charge in [0.15, 0.2) is 0 Å². The zero-order valence-corrected chi connectivity index (χ0v) is 8.83. The molecule has 1 aliphatic carbocycles. The number of benzene rings is 1. The maximum Gasteiger partial charge on any atom is 0.119 e. The molecule has 0 radical (unpaired) electrons. The average molecular weight is 190 g/mol. The minimum atomic E-state index is 0.883. The van der Waals surface area contributed by atoms with Gasteiger partial charge >= 0.3 is 0 Å². The number of rotatable bonds is 4. The Labute approximate surface area is 86.1 Å². The van der Waals surface area contributed by atoms with E-state index in [-0.39, 0.29) is 0 Å². The Morgan fingerprint density at radius 2 is 2.21 bits per heavy atom. The van der Waals surface area contributed by atoms with Crippen LogP contribution in [0.25, 0.3) is 0 Å². The van der Waals surface area contributed by atoms with Gasteiger partial charge in [-0.3, -0.25) is 0 Å². The van der Waals surface area contributed by atoms with E-state index in [2.05, 4.69) is 19.1 Å². The van der Waals surface area contributed by atoms with Gasteiger partial charge in [-0.15, -0.1) is 0 Å². The Hall–Kier alpha value is -0.980. The predicted molar refractivity (Wildman–Crippen MR) is 58.6 cm³/mol. The standard InChI is InChI=1S/C13H18O/c1-11-4-2-7-13(10-11)14-9-8-12-5-3-6-12/h2,4,7,10,12H,3,5-6,8-9H2,1H3. The van der Waals surface area contributed by atoms with E-state index in [9.17, 15) is 0 Å². The maximum absolute atomic E-state index is 5.69. The van der Waals surface area contributed by atoms with Gasteiger partial charge in [-0.05, 0) is 37.0 Å². The molecule has 1 saturated carbocycles. The molecule has 0 N–H and O–H groups in total. The van der Waals surface area contributed by atoms with Crippen molar-refractivity contribution in [2.45, 2.75) is 32.6 Å². The zero-order chi connectivity index (χ0) is 9.80. The average Bonchev–Trinajstić information content (AvgIpc) is 2.09. The molecule has 0 bridgehead atoms. The van der Waals surface area contributed by atoms with Crippen LogP contribution < -0.4 is 4.74 Å².